The highest BCUT2D eigenvalue weighted by molar-refractivity contribution is 5.90. The van der Waals surface area contributed by atoms with E-state index < -0.39 is 58.0 Å². The quantitative estimate of drug-likeness (QED) is 0.178. The molecule has 13 heteroatoms. The van der Waals surface area contributed by atoms with Crippen molar-refractivity contribution in [1.82, 2.24) is 14.8 Å². The van der Waals surface area contributed by atoms with Crippen LogP contribution in [0.1, 0.15) is 80.7 Å². The number of nitrogens with one attached hydrogen (secondary N) is 1. The second-order valence-corrected chi connectivity index (χ2v) is 18.1. The monoisotopic (exact) mass is 810 g/mol. The zero-order valence-corrected chi connectivity index (χ0v) is 35.2. The van der Waals surface area contributed by atoms with Crippen LogP contribution in [-0.2, 0) is 40.4 Å². The number of rotatable bonds is 7. The van der Waals surface area contributed by atoms with Crippen LogP contribution in [0.15, 0.2) is 48.6 Å². The van der Waals surface area contributed by atoms with Crippen LogP contribution in [0.2, 0.25) is 0 Å². The summed E-state index contributed by atoms with van der Waals surface area (Å²) in [5.41, 5.74) is 0.247. The van der Waals surface area contributed by atoms with Crippen LogP contribution in [0.3, 0.4) is 0 Å². The maximum atomic E-state index is 14.7. The number of fused-ring (bicyclic) bond motifs is 6. The van der Waals surface area contributed by atoms with Crippen molar-refractivity contribution in [3.63, 3.8) is 0 Å². The van der Waals surface area contributed by atoms with Gasteiger partial charge in [-0.15, -0.1) is 0 Å². The Kier molecular flexibility index (Phi) is 9.54. The molecule has 1 unspecified atom stereocenters. The second-order valence-electron chi connectivity index (χ2n) is 18.1. The molecule has 3 N–H and O–H groups in total. The van der Waals surface area contributed by atoms with Crippen LogP contribution in [0.4, 0.5) is 5.69 Å². The van der Waals surface area contributed by atoms with Crippen molar-refractivity contribution in [2.24, 2.45) is 11.3 Å². The second kappa shape index (κ2) is 14.1. The van der Waals surface area contributed by atoms with Crippen molar-refractivity contribution in [3.8, 4) is 5.75 Å². The summed E-state index contributed by atoms with van der Waals surface area (Å²) in [4.78, 5) is 52.5. The molecule has 1 saturated carbocycles. The molecule has 13 nitrogen and oxygen atoms in total. The molecule has 6 aliphatic rings. The van der Waals surface area contributed by atoms with Crippen molar-refractivity contribution in [3.05, 3.63) is 70.9 Å². The zero-order chi connectivity index (χ0) is 41.8. The molecule has 2 aromatic carbocycles. The average Bonchev–Trinajstić information content (AvgIpc) is 3.89. The van der Waals surface area contributed by atoms with Crippen LogP contribution in [0.5, 0.6) is 5.75 Å². The van der Waals surface area contributed by atoms with Gasteiger partial charge in [-0.05, 0) is 73.4 Å². The number of H-pyrrole nitrogens is 1. The normalized spacial score (nSPS) is 37.0. The number of benzene rings is 2. The summed E-state index contributed by atoms with van der Waals surface area (Å²) in [6, 6.07) is 11.2. The lowest BCUT2D eigenvalue weighted by atomic mass is 9.47. The smallest absolute Gasteiger partial charge is 0.344 e. The topological polar surface area (TPSA) is 154 Å². The Labute approximate surface area is 345 Å². The van der Waals surface area contributed by atoms with Gasteiger partial charge < -0.3 is 39.0 Å². The van der Waals surface area contributed by atoms with Gasteiger partial charge >= 0.3 is 17.9 Å². The lowest BCUT2D eigenvalue weighted by Crippen LogP contribution is -2.81. The lowest BCUT2D eigenvalue weighted by molar-refractivity contribution is -0.228. The minimum Gasteiger partial charge on any atom is -0.496 e. The number of para-hydroxylation sites is 1. The van der Waals surface area contributed by atoms with E-state index >= 15 is 0 Å². The molecule has 1 aliphatic carbocycles. The summed E-state index contributed by atoms with van der Waals surface area (Å²) < 4.78 is 23.7. The maximum absolute atomic E-state index is 14.7. The van der Waals surface area contributed by atoms with Gasteiger partial charge in [0.15, 0.2) is 6.10 Å². The van der Waals surface area contributed by atoms with E-state index in [1.807, 2.05) is 50.1 Å². The Morgan fingerprint density at radius 2 is 1.78 bits per heavy atom. The Hall–Kier alpha value is -4.43. The number of anilines is 1. The fourth-order valence-electron chi connectivity index (χ4n) is 13.4. The predicted octanol–water partition coefficient (Wildman–Crippen LogP) is 4.18. The molecule has 0 radical (unpaired) electrons. The van der Waals surface area contributed by atoms with E-state index in [-0.39, 0.29) is 17.9 Å². The van der Waals surface area contributed by atoms with Gasteiger partial charge in [-0.1, -0.05) is 44.2 Å². The highest BCUT2D eigenvalue weighted by Crippen LogP contribution is 2.68. The predicted molar refractivity (Wildman–Crippen MR) is 221 cm³/mol. The molecule has 5 aliphatic heterocycles. The van der Waals surface area contributed by atoms with Crippen molar-refractivity contribution in [2.75, 3.05) is 66.0 Å². The number of likely N-dealkylation sites (N-methyl/N-ethyl adjacent to an activating group) is 1. The molecule has 9 rings (SSSR count). The van der Waals surface area contributed by atoms with E-state index in [0.29, 0.717) is 70.6 Å². The van der Waals surface area contributed by atoms with Gasteiger partial charge in [0.25, 0.3) is 0 Å². The van der Waals surface area contributed by atoms with Crippen LogP contribution in [0, 0.1) is 11.3 Å². The molecule has 0 amide bonds. The number of hydrogen-bond acceptors (Lipinski definition) is 12. The third kappa shape index (κ3) is 5.39. The highest BCUT2D eigenvalue weighted by atomic mass is 16.6. The lowest BCUT2D eigenvalue weighted by Gasteiger charge is -2.63. The Morgan fingerprint density at radius 3 is 2.47 bits per heavy atom. The van der Waals surface area contributed by atoms with Crippen molar-refractivity contribution in [1.29, 1.82) is 0 Å². The first kappa shape index (κ1) is 40.0. The first-order valence-electron chi connectivity index (χ1n) is 21.2. The SMILES string of the molecule is CC[C@]1(O)C[C@H]2CN(CCc3c([nH]c4ccccc34)[C@H](C(=O)OC)[C@H]2c2cc3c(cc2OC)N(C)[C@@H]2[C@@](O)(C(=O)OC)[C@H](OC(C)=O)[C@]4(CC)C=CCN5CC[C@]32[C@@H]54)C1. The number of aliphatic hydroxyl groups is 2. The van der Waals surface area contributed by atoms with E-state index in [4.69, 9.17) is 18.9 Å². The summed E-state index contributed by atoms with van der Waals surface area (Å²) >= 11 is 0. The van der Waals surface area contributed by atoms with Crippen LogP contribution < -0.4 is 9.64 Å². The number of nitrogens with zero attached hydrogens (tertiary/aromatic N) is 3. The van der Waals surface area contributed by atoms with Crippen LogP contribution in [-0.4, -0.2) is 133 Å². The van der Waals surface area contributed by atoms with E-state index in [0.717, 1.165) is 39.0 Å². The van der Waals surface area contributed by atoms with Gasteiger partial charge in [-0.25, -0.2) is 4.79 Å². The molecular weight excluding hydrogens is 753 g/mol. The number of piperidine rings is 1. The maximum Gasteiger partial charge on any atom is 0.344 e. The molecule has 1 aromatic heterocycles. The zero-order valence-electron chi connectivity index (χ0n) is 35.2. The molecule has 11 atom stereocenters. The van der Waals surface area contributed by atoms with Crippen molar-refractivity contribution < 1.29 is 43.5 Å². The van der Waals surface area contributed by atoms with Crippen molar-refractivity contribution in [2.45, 2.75) is 99.5 Å². The summed E-state index contributed by atoms with van der Waals surface area (Å²) in [7, 11) is 6.21. The van der Waals surface area contributed by atoms with Gasteiger partial charge in [0.2, 0.25) is 5.60 Å². The summed E-state index contributed by atoms with van der Waals surface area (Å²) in [5.74, 6) is -2.80. The number of hydrogen-bond donors (Lipinski definition) is 3. The summed E-state index contributed by atoms with van der Waals surface area (Å²) in [6.07, 6.45) is 5.66. The molecule has 1 spiro atoms. The van der Waals surface area contributed by atoms with Gasteiger partial charge in [-0.3, -0.25) is 19.4 Å². The van der Waals surface area contributed by atoms with E-state index in [9.17, 15) is 24.6 Å². The average molecular weight is 811 g/mol. The van der Waals surface area contributed by atoms with Crippen LogP contribution in [0.25, 0.3) is 10.9 Å². The molecule has 6 heterocycles. The number of aromatic amines is 1. The Balaban J connectivity index is 1.34. The van der Waals surface area contributed by atoms with E-state index in [1.165, 1.54) is 21.1 Å². The van der Waals surface area contributed by atoms with E-state index in [1.54, 1.807) is 7.11 Å². The molecule has 3 aromatic rings. The minimum absolute atomic E-state index is 0.200. The third-order valence-corrected chi connectivity index (χ3v) is 15.6. The molecule has 2 bridgehead atoms. The fourth-order valence-corrected chi connectivity index (χ4v) is 13.4. The van der Waals surface area contributed by atoms with Gasteiger partial charge in [0, 0.05) is 91.3 Å². The largest absolute Gasteiger partial charge is 0.496 e. The molecule has 316 valence electrons. The number of esters is 3. The number of ether oxygens (including phenoxy) is 4. The van der Waals surface area contributed by atoms with E-state index in [2.05, 4.69) is 39.1 Å². The number of methoxy groups -OCH3 is 3. The van der Waals surface area contributed by atoms with Gasteiger partial charge in [0.05, 0.1) is 33.0 Å². The summed E-state index contributed by atoms with van der Waals surface area (Å²) in [5, 5.41) is 26.6. The highest BCUT2D eigenvalue weighted by Gasteiger charge is 2.80. The van der Waals surface area contributed by atoms with Crippen molar-refractivity contribution >= 4 is 34.5 Å². The molecule has 59 heavy (non-hydrogen) atoms. The van der Waals surface area contributed by atoms with Crippen LogP contribution >= 0.6 is 0 Å². The molecular formula is C46H58N4O9. The minimum atomic E-state index is -2.28. The number of carbonyl (C=O) groups is 3. The third-order valence-electron chi connectivity index (χ3n) is 15.6. The Morgan fingerprint density at radius 1 is 1.00 bits per heavy atom. The molecule has 2 saturated heterocycles. The fraction of sp³-hybridized carbons (Fsp3) is 0.587. The first-order chi connectivity index (χ1) is 28.3. The summed E-state index contributed by atoms with van der Waals surface area (Å²) in [6.45, 7) is 8.60. The standard InChI is InChI=1S/C46H58N4O9/c1-8-43(54)23-27-24-49(25-43)19-15-29-28-13-10-11-14-32(28)47-37(29)36(38(52)57-6)35(27)30-21-31-33(22-34(30)56-5)48(4)40-45(31)17-20-50-18-12-16-44(9-2,39(45)50)41(59-26(3)51)46(40,55)42(53)58-7/h10-14,16,21-22,27,35-36,39-41,47,54-55H,8-9,15,17-20,23-25H2,1-7H3/t27-,35+,36+,39-,40-,41+,43-,44+,45+,46-/m0/s1. The van der Waals surface area contributed by atoms with Gasteiger partial charge in [0.1, 0.15) is 11.7 Å². The van der Waals surface area contributed by atoms with Gasteiger partial charge in [-0.2, -0.15) is 0 Å². The molecule has 3 fully saturated rings. The number of carbonyl (C=O) groups excluding carboxylic acids is 3. The number of aromatic nitrogens is 1. The first-order valence-corrected chi connectivity index (χ1v) is 21.2. The Bertz CT molecular complexity index is 2240.